The Bertz CT molecular complexity index is 1220. The van der Waals surface area contributed by atoms with Gasteiger partial charge >= 0.3 is 0 Å². The van der Waals surface area contributed by atoms with E-state index in [1.165, 1.54) is 4.31 Å². The van der Waals surface area contributed by atoms with Crippen molar-refractivity contribution >= 4 is 45.0 Å². The highest BCUT2D eigenvalue weighted by Crippen LogP contribution is 2.25. The van der Waals surface area contributed by atoms with E-state index in [-0.39, 0.29) is 17.3 Å². The minimum Gasteiger partial charge on any atom is -0.354 e. The fourth-order valence-corrected chi connectivity index (χ4v) is 5.88. The Hall–Kier alpha value is -2.48. The van der Waals surface area contributed by atoms with Crippen LogP contribution in [0.15, 0.2) is 77.7 Å². The molecule has 3 rings (SSSR count). The molecule has 0 aromatic heterocycles. The lowest BCUT2D eigenvalue weighted by atomic mass is 10.1. The lowest BCUT2D eigenvalue weighted by Crippen LogP contribution is -2.41. The molecule has 5 nitrogen and oxygen atoms in total. The molecule has 0 saturated carbocycles. The van der Waals surface area contributed by atoms with Gasteiger partial charge in [-0.1, -0.05) is 48.0 Å². The zero-order valence-electron chi connectivity index (χ0n) is 19.3. The van der Waals surface area contributed by atoms with Crippen LogP contribution in [0.5, 0.6) is 0 Å². The number of nitrogens with zero attached hydrogens (tertiary/aromatic N) is 1. The monoisotopic (exact) mass is 516 g/mol. The molecule has 3 aromatic rings. The Balaban J connectivity index is 1.59. The molecular weight excluding hydrogens is 488 g/mol. The van der Waals surface area contributed by atoms with Crippen LogP contribution < -0.4 is 9.62 Å². The number of sulfonamides is 1. The molecule has 8 heteroatoms. The molecule has 0 unspecified atom stereocenters. The third-order valence-corrected chi connectivity index (χ3v) is 8.48. The smallest absolute Gasteiger partial charge is 0.264 e. The standard InChI is InChI=1S/C26H29ClN2O3S2/c1-20-12-13-24(16-21(20)2)29(34(31,32)25-10-4-3-5-11-25)18-26(30)28-14-7-15-33-19-22-8-6-9-23(27)17-22/h3-6,8-13,16-17H,7,14-15,18-19H2,1-2H3,(H,28,30). The summed E-state index contributed by atoms with van der Waals surface area (Å²) in [5.41, 5.74) is 3.65. The first-order chi connectivity index (χ1) is 16.3. The SMILES string of the molecule is Cc1ccc(N(CC(=O)NCCCSCc2cccc(Cl)c2)S(=O)(=O)c2ccccc2)cc1C. The number of carbonyl (C=O) groups excluding carboxylic acids is 1. The van der Waals surface area contributed by atoms with Gasteiger partial charge in [-0.25, -0.2) is 8.42 Å². The number of carbonyl (C=O) groups is 1. The van der Waals surface area contributed by atoms with Crippen LogP contribution in [0.1, 0.15) is 23.1 Å². The molecule has 0 aliphatic carbocycles. The minimum atomic E-state index is -3.89. The van der Waals surface area contributed by atoms with Crippen molar-refractivity contribution in [2.75, 3.05) is 23.1 Å². The molecule has 34 heavy (non-hydrogen) atoms. The molecule has 0 aliphatic heterocycles. The molecule has 0 fully saturated rings. The Morgan fingerprint density at radius 1 is 0.971 bits per heavy atom. The van der Waals surface area contributed by atoms with Gasteiger partial charge in [0, 0.05) is 17.3 Å². The molecular formula is C26H29ClN2O3S2. The second kappa shape index (κ2) is 12.3. The Morgan fingerprint density at radius 2 is 1.74 bits per heavy atom. The van der Waals surface area contributed by atoms with Gasteiger partial charge in [0.15, 0.2) is 0 Å². The Labute approximate surface area is 211 Å². The maximum Gasteiger partial charge on any atom is 0.264 e. The Kier molecular flexibility index (Phi) is 9.45. The highest BCUT2D eigenvalue weighted by Gasteiger charge is 2.27. The van der Waals surface area contributed by atoms with Crippen molar-refractivity contribution in [1.82, 2.24) is 5.32 Å². The zero-order valence-corrected chi connectivity index (χ0v) is 21.7. The zero-order chi connectivity index (χ0) is 24.6. The van der Waals surface area contributed by atoms with Crippen molar-refractivity contribution in [2.24, 2.45) is 0 Å². The van der Waals surface area contributed by atoms with Gasteiger partial charge in [-0.2, -0.15) is 11.8 Å². The normalized spacial score (nSPS) is 11.3. The van der Waals surface area contributed by atoms with Gasteiger partial charge in [0.05, 0.1) is 10.6 Å². The molecule has 0 spiro atoms. The largest absolute Gasteiger partial charge is 0.354 e. The summed E-state index contributed by atoms with van der Waals surface area (Å²) in [6.07, 6.45) is 0.784. The van der Waals surface area contributed by atoms with Crippen molar-refractivity contribution in [3.05, 3.63) is 94.5 Å². The second-order valence-electron chi connectivity index (χ2n) is 7.98. The molecule has 0 heterocycles. The van der Waals surface area contributed by atoms with Crippen LogP contribution in [0.2, 0.25) is 5.02 Å². The summed E-state index contributed by atoms with van der Waals surface area (Å²) < 4.78 is 27.9. The number of rotatable bonds is 11. The lowest BCUT2D eigenvalue weighted by molar-refractivity contribution is -0.119. The number of hydrogen-bond donors (Lipinski definition) is 1. The molecule has 0 aliphatic rings. The summed E-state index contributed by atoms with van der Waals surface area (Å²) in [5, 5.41) is 3.59. The molecule has 0 bridgehead atoms. The van der Waals surface area contributed by atoms with E-state index >= 15 is 0 Å². The number of amides is 1. The van der Waals surface area contributed by atoms with Crippen molar-refractivity contribution in [3.63, 3.8) is 0 Å². The first kappa shape index (κ1) is 26.1. The minimum absolute atomic E-state index is 0.151. The number of halogens is 1. The summed E-state index contributed by atoms with van der Waals surface area (Å²) >= 11 is 7.78. The van der Waals surface area contributed by atoms with Gasteiger partial charge in [-0.05, 0) is 79.1 Å². The van der Waals surface area contributed by atoms with E-state index in [0.29, 0.717) is 12.2 Å². The van der Waals surface area contributed by atoms with Gasteiger partial charge in [-0.3, -0.25) is 9.10 Å². The maximum absolute atomic E-state index is 13.4. The molecule has 0 atom stereocenters. The molecule has 0 radical (unpaired) electrons. The highest BCUT2D eigenvalue weighted by atomic mass is 35.5. The maximum atomic E-state index is 13.4. The van der Waals surface area contributed by atoms with Crippen LogP contribution in [0.25, 0.3) is 0 Å². The fraction of sp³-hybridized carbons (Fsp3) is 0.269. The predicted octanol–water partition coefficient (Wildman–Crippen LogP) is 5.59. The number of thioether (sulfide) groups is 1. The van der Waals surface area contributed by atoms with Crippen LogP contribution in [0, 0.1) is 13.8 Å². The van der Waals surface area contributed by atoms with Crippen LogP contribution in [-0.4, -0.2) is 33.2 Å². The van der Waals surface area contributed by atoms with Gasteiger partial charge in [-0.15, -0.1) is 0 Å². The van der Waals surface area contributed by atoms with Crippen LogP contribution in [0.3, 0.4) is 0 Å². The summed E-state index contributed by atoms with van der Waals surface area (Å²) in [4.78, 5) is 12.9. The van der Waals surface area contributed by atoms with Gasteiger partial charge < -0.3 is 5.32 Å². The van der Waals surface area contributed by atoms with Crippen LogP contribution in [-0.2, 0) is 20.6 Å². The van der Waals surface area contributed by atoms with Gasteiger partial charge in [0.2, 0.25) is 5.91 Å². The molecule has 1 amide bonds. The third kappa shape index (κ3) is 7.26. The summed E-state index contributed by atoms with van der Waals surface area (Å²) in [7, 11) is -3.89. The topological polar surface area (TPSA) is 66.5 Å². The number of anilines is 1. The van der Waals surface area contributed by atoms with E-state index in [4.69, 9.17) is 11.6 Å². The van der Waals surface area contributed by atoms with E-state index in [1.54, 1.807) is 54.2 Å². The average molecular weight is 517 g/mol. The summed E-state index contributed by atoms with van der Waals surface area (Å²) in [6.45, 7) is 4.09. The average Bonchev–Trinajstić information content (AvgIpc) is 2.82. The quantitative estimate of drug-likeness (QED) is 0.337. The van der Waals surface area contributed by atoms with Crippen LogP contribution >= 0.6 is 23.4 Å². The number of benzene rings is 3. The summed E-state index contributed by atoms with van der Waals surface area (Å²) in [5.74, 6) is 1.39. The van der Waals surface area contributed by atoms with E-state index in [1.807, 2.05) is 44.2 Å². The van der Waals surface area contributed by atoms with E-state index < -0.39 is 10.0 Å². The third-order valence-electron chi connectivity index (χ3n) is 5.34. The molecule has 3 aromatic carbocycles. The Morgan fingerprint density at radius 3 is 2.44 bits per heavy atom. The fourth-order valence-electron chi connectivity index (χ4n) is 3.32. The lowest BCUT2D eigenvalue weighted by Gasteiger charge is -2.25. The number of nitrogens with one attached hydrogen (secondary N) is 1. The number of hydrogen-bond acceptors (Lipinski definition) is 4. The van der Waals surface area contributed by atoms with Crippen molar-refractivity contribution in [1.29, 1.82) is 0 Å². The van der Waals surface area contributed by atoms with Crippen molar-refractivity contribution < 1.29 is 13.2 Å². The van der Waals surface area contributed by atoms with Gasteiger partial charge in [0.1, 0.15) is 6.54 Å². The van der Waals surface area contributed by atoms with Crippen molar-refractivity contribution in [2.45, 2.75) is 30.9 Å². The summed E-state index contributed by atoms with van der Waals surface area (Å²) in [6, 6.07) is 21.4. The van der Waals surface area contributed by atoms with E-state index in [0.717, 1.165) is 39.6 Å². The molecule has 1 N–H and O–H groups in total. The number of aryl methyl sites for hydroxylation is 2. The van der Waals surface area contributed by atoms with E-state index in [9.17, 15) is 13.2 Å². The first-order valence-corrected chi connectivity index (χ1v) is 14.0. The molecule has 0 saturated heterocycles. The van der Waals surface area contributed by atoms with Crippen molar-refractivity contribution in [3.8, 4) is 0 Å². The predicted molar refractivity (Wildman–Crippen MR) is 142 cm³/mol. The van der Waals surface area contributed by atoms with Gasteiger partial charge in [0.25, 0.3) is 10.0 Å². The first-order valence-electron chi connectivity index (χ1n) is 11.0. The van der Waals surface area contributed by atoms with Crippen LogP contribution in [0.4, 0.5) is 5.69 Å². The second-order valence-corrected chi connectivity index (χ2v) is 11.4. The molecule has 180 valence electrons. The van der Waals surface area contributed by atoms with E-state index in [2.05, 4.69) is 5.32 Å². The highest BCUT2D eigenvalue weighted by molar-refractivity contribution is 7.98.